The van der Waals surface area contributed by atoms with Crippen LogP contribution in [0.15, 0.2) is 24.3 Å². The van der Waals surface area contributed by atoms with Crippen molar-refractivity contribution in [1.29, 1.82) is 0 Å². The van der Waals surface area contributed by atoms with Gasteiger partial charge in [-0.2, -0.15) is 0 Å². The van der Waals surface area contributed by atoms with Crippen molar-refractivity contribution in [1.82, 2.24) is 9.80 Å². The smallest absolute Gasteiger partial charge is 0.251 e. The van der Waals surface area contributed by atoms with E-state index < -0.39 is 0 Å². The molecule has 0 aromatic heterocycles. The number of ether oxygens (including phenoxy) is 1. The van der Waals surface area contributed by atoms with Crippen molar-refractivity contribution >= 4 is 5.91 Å². The van der Waals surface area contributed by atoms with Crippen LogP contribution in [0.4, 0.5) is 0 Å². The third kappa shape index (κ3) is 3.63. The summed E-state index contributed by atoms with van der Waals surface area (Å²) in [4.78, 5) is 16.7. The molecule has 0 bridgehead atoms. The summed E-state index contributed by atoms with van der Waals surface area (Å²) in [6.45, 7) is 7.37. The van der Waals surface area contributed by atoms with E-state index in [1.807, 2.05) is 4.90 Å². The molecular formula is C17H24N2O2. The minimum Gasteiger partial charge on any atom is -0.368 e. The second-order valence-corrected chi connectivity index (χ2v) is 6.09. The topological polar surface area (TPSA) is 32.8 Å². The molecule has 4 nitrogen and oxygen atoms in total. The maximum Gasteiger partial charge on any atom is 0.251 e. The minimum absolute atomic E-state index is 0.173. The lowest BCUT2D eigenvalue weighted by molar-refractivity contribution is -0.142. The molecule has 21 heavy (non-hydrogen) atoms. The van der Waals surface area contributed by atoms with Crippen molar-refractivity contribution in [2.45, 2.75) is 32.4 Å². The Balaban J connectivity index is 1.48. The minimum atomic E-state index is -0.173. The third-order valence-electron chi connectivity index (χ3n) is 4.42. The molecule has 0 aliphatic carbocycles. The van der Waals surface area contributed by atoms with E-state index in [4.69, 9.17) is 4.74 Å². The summed E-state index contributed by atoms with van der Waals surface area (Å²) in [6, 6.07) is 8.71. The number of rotatable bonds is 3. The second kappa shape index (κ2) is 6.58. The van der Waals surface area contributed by atoms with E-state index >= 15 is 0 Å². The zero-order valence-corrected chi connectivity index (χ0v) is 12.8. The molecular weight excluding hydrogens is 264 g/mol. The highest BCUT2D eigenvalue weighted by atomic mass is 16.5. The Kier molecular flexibility index (Phi) is 4.56. The van der Waals surface area contributed by atoms with Gasteiger partial charge in [0.1, 0.15) is 6.10 Å². The fourth-order valence-corrected chi connectivity index (χ4v) is 3.05. The number of carbonyl (C=O) groups is 1. The van der Waals surface area contributed by atoms with Crippen LogP contribution in [0.1, 0.15) is 24.0 Å². The second-order valence-electron chi connectivity index (χ2n) is 6.09. The van der Waals surface area contributed by atoms with Gasteiger partial charge in [-0.05, 0) is 25.3 Å². The largest absolute Gasteiger partial charge is 0.368 e. The number of carbonyl (C=O) groups excluding carboxylic acids is 1. The molecule has 2 heterocycles. The first kappa shape index (κ1) is 14.5. The molecule has 1 atom stereocenters. The molecule has 0 saturated carbocycles. The van der Waals surface area contributed by atoms with Crippen molar-refractivity contribution in [3.05, 3.63) is 35.4 Å². The van der Waals surface area contributed by atoms with Gasteiger partial charge in [0.25, 0.3) is 5.91 Å². The normalized spacial score (nSPS) is 23.5. The lowest BCUT2D eigenvalue weighted by atomic mass is 10.1. The number of piperazine rings is 1. The molecule has 0 unspecified atom stereocenters. The summed E-state index contributed by atoms with van der Waals surface area (Å²) in [6.07, 6.45) is 1.74. The van der Waals surface area contributed by atoms with Gasteiger partial charge in [-0.15, -0.1) is 0 Å². The molecule has 1 amide bonds. The third-order valence-corrected chi connectivity index (χ3v) is 4.42. The average Bonchev–Trinajstić information content (AvgIpc) is 3.04. The molecule has 3 rings (SSSR count). The summed E-state index contributed by atoms with van der Waals surface area (Å²) in [5.74, 6) is 0.197. The van der Waals surface area contributed by atoms with Crippen LogP contribution in [0.2, 0.25) is 0 Å². The van der Waals surface area contributed by atoms with E-state index in [2.05, 4.69) is 36.1 Å². The lowest BCUT2D eigenvalue weighted by Gasteiger charge is -2.35. The van der Waals surface area contributed by atoms with Crippen LogP contribution in [-0.2, 0) is 16.1 Å². The number of hydrogen-bond donors (Lipinski definition) is 0. The summed E-state index contributed by atoms with van der Waals surface area (Å²) in [5, 5.41) is 0. The molecule has 0 spiro atoms. The highest BCUT2D eigenvalue weighted by molar-refractivity contribution is 5.81. The van der Waals surface area contributed by atoms with Crippen molar-refractivity contribution < 1.29 is 9.53 Å². The van der Waals surface area contributed by atoms with Gasteiger partial charge < -0.3 is 9.64 Å². The predicted molar refractivity (Wildman–Crippen MR) is 82.0 cm³/mol. The van der Waals surface area contributed by atoms with Crippen LogP contribution in [0.5, 0.6) is 0 Å². The van der Waals surface area contributed by atoms with Crippen molar-refractivity contribution in [2.24, 2.45) is 0 Å². The highest BCUT2D eigenvalue weighted by Crippen LogP contribution is 2.16. The Morgan fingerprint density at radius 3 is 2.52 bits per heavy atom. The first-order valence-corrected chi connectivity index (χ1v) is 7.91. The van der Waals surface area contributed by atoms with Crippen LogP contribution in [0.25, 0.3) is 0 Å². The van der Waals surface area contributed by atoms with Gasteiger partial charge in [-0.3, -0.25) is 9.69 Å². The summed E-state index contributed by atoms with van der Waals surface area (Å²) >= 11 is 0. The molecule has 0 N–H and O–H groups in total. The van der Waals surface area contributed by atoms with Gasteiger partial charge in [0, 0.05) is 39.3 Å². The van der Waals surface area contributed by atoms with Crippen molar-refractivity contribution in [2.75, 3.05) is 32.8 Å². The molecule has 2 saturated heterocycles. The summed E-state index contributed by atoms with van der Waals surface area (Å²) in [5.41, 5.74) is 2.64. The molecule has 4 heteroatoms. The molecule has 2 aliphatic rings. The van der Waals surface area contributed by atoms with Crippen LogP contribution >= 0.6 is 0 Å². The number of aryl methyl sites for hydroxylation is 1. The number of nitrogens with zero attached hydrogens (tertiary/aromatic N) is 2. The Hall–Kier alpha value is -1.39. The SMILES string of the molecule is Cc1ccc(CN2CCN(C(=O)[C@@H]3CCCO3)CC2)cc1. The van der Waals surface area contributed by atoms with Crippen molar-refractivity contribution in [3.8, 4) is 0 Å². The van der Waals surface area contributed by atoms with Gasteiger partial charge >= 0.3 is 0 Å². The van der Waals surface area contributed by atoms with Crippen LogP contribution < -0.4 is 0 Å². The quantitative estimate of drug-likeness (QED) is 0.850. The maximum atomic E-state index is 12.3. The Morgan fingerprint density at radius 2 is 1.90 bits per heavy atom. The predicted octanol–water partition coefficient (Wildman–Crippen LogP) is 1.82. The van der Waals surface area contributed by atoms with Gasteiger partial charge in [0.05, 0.1) is 0 Å². The Morgan fingerprint density at radius 1 is 1.19 bits per heavy atom. The van der Waals surface area contributed by atoms with Crippen LogP contribution in [0, 0.1) is 6.92 Å². The first-order chi connectivity index (χ1) is 10.2. The number of hydrogen-bond acceptors (Lipinski definition) is 3. The monoisotopic (exact) mass is 288 g/mol. The number of amides is 1. The molecule has 0 radical (unpaired) electrons. The number of benzene rings is 1. The molecule has 2 fully saturated rings. The van der Waals surface area contributed by atoms with E-state index in [1.165, 1.54) is 11.1 Å². The average molecular weight is 288 g/mol. The standard InChI is InChI=1S/C17H24N2O2/c1-14-4-6-15(7-5-14)13-18-8-10-19(11-9-18)17(20)16-3-2-12-21-16/h4-7,16H,2-3,8-13H2,1H3/t16-/m0/s1. The highest BCUT2D eigenvalue weighted by Gasteiger charge is 2.30. The van der Waals surface area contributed by atoms with E-state index in [0.29, 0.717) is 0 Å². The van der Waals surface area contributed by atoms with Crippen LogP contribution in [-0.4, -0.2) is 54.6 Å². The Bertz CT molecular complexity index is 472. The zero-order chi connectivity index (χ0) is 14.7. The van der Waals surface area contributed by atoms with Crippen LogP contribution in [0.3, 0.4) is 0 Å². The zero-order valence-electron chi connectivity index (χ0n) is 12.8. The molecule has 114 valence electrons. The summed E-state index contributed by atoms with van der Waals surface area (Å²) in [7, 11) is 0. The van der Waals surface area contributed by atoms with Gasteiger partial charge in [-0.25, -0.2) is 0 Å². The van der Waals surface area contributed by atoms with Gasteiger partial charge in [0.2, 0.25) is 0 Å². The van der Waals surface area contributed by atoms with Gasteiger partial charge in [-0.1, -0.05) is 29.8 Å². The van der Waals surface area contributed by atoms with Gasteiger partial charge in [0.15, 0.2) is 0 Å². The lowest BCUT2D eigenvalue weighted by Crippen LogP contribution is -2.51. The fourth-order valence-electron chi connectivity index (χ4n) is 3.05. The first-order valence-electron chi connectivity index (χ1n) is 7.91. The molecule has 2 aliphatic heterocycles. The van der Waals surface area contributed by atoms with E-state index in [1.54, 1.807) is 0 Å². The van der Waals surface area contributed by atoms with E-state index in [0.717, 1.165) is 52.2 Å². The fraction of sp³-hybridized carbons (Fsp3) is 0.588. The van der Waals surface area contributed by atoms with E-state index in [-0.39, 0.29) is 12.0 Å². The molecule has 1 aromatic rings. The van der Waals surface area contributed by atoms with Crippen molar-refractivity contribution in [3.63, 3.8) is 0 Å². The Labute approximate surface area is 126 Å². The summed E-state index contributed by atoms with van der Waals surface area (Å²) < 4.78 is 5.50. The molecule has 1 aromatic carbocycles. The van der Waals surface area contributed by atoms with E-state index in [9.17, 15) is 4.79 Å². The maximum absolute atomic E-state index is 12.3.